The van der Waals surface area contributed by atoms with E-state index in [-0.39, 0.29) is 11.8 Å². The zero-order valence-corrected chi connectivity index (χ0v) is 13.9. The number of carbonyl (C=O) groups excluding carboxylic acids is 2. The fraction of sp³-hybridized carbons (Fsp3) is 0.0588. The highest BCUT2D eigenvalue weighted by molar-refractivity contribution is 9.10. The van der Waals surface area contributed by atoms with Crippen LogP contribution < -0.4 is 10.9 Å². The van der Waals surface area contributed by atoms with Gasteiger partial charge in [-0.1, -0.05) is 18.2 Å². The lowest BCUT2D eigenvalue weighted by molar-refractivity contribution is 0.0847. The molecule has 5 nitrogen and oxygen atoms in total. The fourth-order valence-electron chi connectivity index (χ4n) is 2.33. The molecular weight excluding hydrogens is 358 g/mol. The Morgan fingerprint density at radius 3 is 2.30 bits per heavy atom. The molecule has 0 fully saturated rings. The van der Waals surface area contributed by atoms with Gasteiger partial charge in [0, 0.05) is 39.7 Å². The molecular formula is C17H14BrN3O2. The first-order chi connectivity index (χ1) is 11.1. The minimum atomic E-state index is -0.369. The third-order valence-electron chi connectivity index (χ3n) is 3.53. The number of nitrogens with one attached hydrogen (secondary N) is 2. The van der Waals surface area contributed by atoms with Gasteiger partial charge >= 0.3 is 0 Å². The molecule has 0 spiro atoms. The van der Waals surface area contributed by atoms with E-state index in [2.05, 4.69) is 26.8 Å². The lowest BCUT2D eigenvalue weighted by Gasteiger charge is -2.08. The van der Waals surface area contributed by atoms with Crippen molar-refractivity contribution in [3.63, 3.8) is 0 Å². The van der Waals surface area contributed by atoms with Crippen LogP contribution in [0.25, 0.3) is 10.9 Å². The molecule has 1 heterocycles. The van der Waals surface area contributed by atoms with Crippen LogP contribution in [0, 0.1) is 0 Å². The van der Waals surface area contributed by atoms with Crippen molar-refractivity contribution < 1.29 is 9.59 Å². The number of amides is 2. The summed E-state index contributed by atoms with van der Waals surface area (Å²) in [5, 5.41) is 0.939. The van der Waals surface area contributed by atoms with Gasteiger partial charge in [-0.3, -0.25) is 20.4 Å². The van der Waals surface area contributed by atoms with Crippen molar-refractivity contribution in [2.75, 3.05) is 0 Å². The number of halogens is 1. The van der Waals surface area contributed by atoms with Gasteiger partial charge in [-0.2, -0.15) is 0 Å². The van der Waals surface area contributed by atoms with Gasteiger partial charge in [-0.25, -0.2) is 0 Å². The second-order valence-electron chi connectivity index (χ2n) is 5.09. The molecule has 2 N–H and O–H groups in total. The van der Waals surface area contributed by atoms with Crippen LogP contribution in [0.2, 0.25) is 0 Å². The Labute approximate surface area is 141 Å². The maximum absolute atomic E-state index is 12.2. The molecule has 0 aliphatic rings. The zero-order chi connectivity index (χ0) is 16.4. The smallest absolute Gasteiger partial charge is 0.269 e. The van der Waals surface area contributed by atoms with E-state index in [1.54, 1.807) is 36.4 Å². The monoisotopic (exact) mass is 371 g/mol. The standard InChI is InChI=1S/C17H14BrN3O2/c1-21-10-14(18)13-9-12(7-8-15(13)21)17(23)20-19-16(22)11-5-3-2-4-6-11/h2-10H,1H3,(H,19,22)(H,20,23). The predicted octanol–water partition coefficient (Wildman–Crippen LogP) is 3.02. The molecule has 0 bridgehead atoms. The number of hydrogen-bond donors (Lipinski definition) is 2. The summed E-state index contributed by atoms with van der Waals surface area (Å²) in [4.78, 5) is 24.1. The van der Waals surface area contributed by atoms with Crippen LogP contribution in [-0.4, -0.2) is 16.4 Å². The summed E-state index contributed by atoms with van der Waals surface area (Å²) in [7, 11) is 1.94. The van der Waals surface area contributed by atoms with Gasteiger partial charge in [-0.05, 0) is 46.3 Å². The summed E-state index contributed by atoms with van der Waals surface area (Å²) in [6.07, 6.45) is 1.93. The average Bonchev–Trinajstić information content (AvgIpc) is 2.87. The van der Waals surface area contributed by atoms with E-state index in [0.717, 1.165) is 15.4 Å². The molecule has 0 unspecified atom stereocenters. The molecule has 0 saturated carbocycles. The van der Waals surface area contributed by atoms with Crippen molar-refractivity contribution in [2.45, 2.75) is 0 Å². The van der Waals surface area contributed by atoms with Crippen LogP contribution in [0.15, 0.2) is 59.2 Å². The number of hydrazine groups is 1. The highest BCUT2D eigenvalue weighted by Crippen LogP contribution is 2.26. The highest BCUT2D eigenvalue weighted by atomic mass is 79.9. The van der Waals surface area contributed by atoms with Crippen molar-refractivity contribution in [3.8, 4) is 0 Å². The van der Waals surface area contributed by atoms with E-state index in [9.17, 15) is 9.59 Å². The van der Waals surface area contributed by atoms with E-state index in [1.807, 2.05) is 29.9 Å². The summed E-state index contributed by atoms with van der Waals surface area (Å²) in [6, 6.07) is 14.1. The van der Waals surface area contributed by atoms with Crippen LogP contribution in [0.4, 0.5) is 0 Å². The molecule has 6 heteroatoms. The zero-order valence-electron chi connectivity index (χ0n) is 12.3. The van der Waals surface area contributed by atoms with Gasteiger partial charge in [-0.15, -0.1) is 0 Å². The summed E-state index contributed by atoms with van der Waals surface area (Å²) in [6.45, 7) is 0. The van der Waals surface area contributed by atoms with Crippen molar-refractivity contribution in [1.82, 2.24) is 15.4 Å². The minimum absolute atomic E-state index is 0.360. The summed E-state index contributed by atoms with van der Waals surface area (Å²) >= 11 is 3.47. The molecule has 2 amide bonds. The van der Waals surface area contributed by atoms with E-state index < -0.39 is 0 Å². The molecule has 0 radical (unpaired) electrons. The average molecular weight is 372 g/mol. The normalized spacial score (nSPS) is 10.5. The predicted molar refractivity (Wildman–Crippen MR) is 92.0 cm³/mol. The number of rotatable bonds is 2. The maximum atomic E-state index is 12.2. The first kappa shape index (κ1) is 15.3. The molecule has 0 saturated heterocycles. The fourth-order valence-corrected chi connectivity index (χ4v) is 2.96. The van der Waals surface area contributed by atoms with E-state index in [1.165, 1.54) is 0 Å². The van der Waals surface area contributed by atoms with Crippen LogP contribution >= 0.6 is 15.9 Å². The van der Waals surface area contributed by atoms with Gasteiger partial charge in [0.05, 0.1) is 0 Å². The first-order valence-electron chi connectivity index (χ1n) is 6.96. The number of aromatic nitrogens is 1. The van der Waals surface area contributed by atoms with Gasteiger partial charge in [0.15, 0.2) is 0 Å². The summed E-state index contributed by atoms with van der Waals surface area (Å²) < 4.78 is 2.89. The topological polar surface area (TPSA) is 63.1 Å². The molecule has 116 valence electrons. The van der Waals surface area contributed by atoms with Crippen LogP contribution in [0.1, 0.15) is 20.7 Å². The largest absolute Gasteiger partial charge is 0.349 e. The van der Waals surface area contributed by atoms with E-state index >= 15 is 0 Å². The Kier molecular flexibility index (Phi) is 4.16. The third-order valence-corrected chi connectivity index (χ3v) is 4.16. The molecule has 3 rings (SSSR count). The molecule has 3 aromatic rings. The Balaban J connectivity index is 1.73. The number of nitrogens with zero attached hydrogens (tertiary/aromatic N) is 1. The van der Waals surface area contributed by atoms with Crippen molar-refractivity contribution >= 4 is 38.6 Å². The lowest BCUT2D eigenvalue weighted by atomic mass is 10.1. The number of aryl methyl sites for hydroxylation is 1. The van der Waals surface area contributed by atoms with Crippen LogP contribution in [0.5, 0.6) is 0 Å². The summed E-state index contributed by atoms with van der Waals surface area (Å²) in [5.41, 5.74) is 6.80. The molecule has 1 aromatic heterocycles. The van der Waals surface area contributed by atoms with Crippen molar-refractivity contribution in [2.24, 2.45) is 7.05 Å². The van der Waals surface area contributed by atoms with Gasteiger partial charge in [0.2, 0.25) is 0 Å². The Morgan fingerprint density at radius 2 is 1.61 bits per heavy atom. The molecule has 23 heavy (non-hydrogen) atoms. The minimum Gasteiger partial charge on any atom is -0.349 e. The maximum Gasteiger partial charge on any atom is 0.269 e. The lowest BCUT2D eigenvalue weighted by Crippen LogP contribution is -2.41. The van der Waals surface area contributed by atoms with Crippen molar-refractivity contribution in [3.05, 3.63) is 70.3 Å². The Bertz CT molecular complexity index is 887. The summed E-state index contributed by atoms with van der Waals surface area (Å²) in [5.74, 6) is -0.729. The second kappa shape index (κ2) is 6.26. The van der Waals surface area contributed by atoms with Gasteiger partial charge in [0.1, 0.15) is 0 Å². The molecule has 0 aliphatic carbocycles. The van der Waals surface area contributed by atoms with Gasteiger partial charge in [0.25, 0.3) is 11.8 Å². The SMILES string of the molecule is Cn1cc(Br)c2cc(C(=O)NNC(=O)c3ccccc3)ccc21. The first-order valence-corrected chi connectivity index (χ1v) is 7.76. The number of hydrogen-bond acceptors (Lipinski definition) is 2. The second-order valence-corrected chi connectivity index (χ2v) is 5.95. The molecule has 2 aromatic carbocycles. The van der Waals surface area contributed by atoms with Gasteiger partial charge < -0.3 is 4.57 Å². The van der Waals surface area contributed by atoms with Crippen molar-refractivity contribution in [1.29, 1.82) is 0 Å². The van der Waals surface area contributed by atoms with Crippen LogP contribution in [-0.2, 0) is 7.05 Å². The molecule has 0 aliphatic heterocycles. The number of benzene rings is 2. The van der Waals surface area contributed by atoms with E-state index in [0.29, 0.717) is 11.1 Å². The quantitative estimate of drug-likeness (QED) is 0.680. The molecule has 0 atom stereocenters. The Morgan fingerprint density at radius 1 is 0.957 bits per heavy atom. The number of fused-ring (bicyclic) bond motifs is 1. The third kappa shape index (κ3) is 3.12. The highest BCUT2D eigenvalue weighted by Gasteiger charge is 2.11. The number of carbonyl (C=O) groups is 2. The Hall–Kier alpha value is -2.60. The van der Waals surface area contributed by atoms with Crippen LogP contribution in [0.3, 0.4) is 0 Å². The van der Waals surface area contributed by atoms with E-state index in [4.69, 9.17) is 0 Å².